The van der Waals surface area contributed by atoms with Crippen molar-refractivity contribution < 1.29 is 0 Å². The summed E-state index contributed by atoms with van der Waals surface area (Å²) in [6, 6.07) is 2.15. The van der Waals surface area contributed by atoms with E-state index >= 15 is 0 Å². The third kappa shape index (κ3) is 2.70. The van der Waals surface area contributed by atoms with Gasteiger partial charge in [0.15, 0.2) is 5.65 Å². The van der Waals surface area contributed by atoms with E-state index in [1.807, 2.05) is 22.4 Å². The van der Waals surface area contributed by atoms with Gasteiger partial charge in [-0.05, 0) is 26.3 Å². The minimum atomic E-state index is 0.468. The van der Waals surface area contributed by atoms with Crippen molar-refractivity contribution in [2.45, 2.75) is 25.7 Å². The molecule has 0 spiro atoms. The number of anilines is 1. The fourth-order valence-corrected chi connectivity index (χ4v) is 3.75. The molecule has 120 valence electrons. The van der Waals surface area contributed by atoms with Crippen LogP contribution in [0.1, 0.15) is 31.4 Å². The maximum absolute atomic E-state index is 4.96. The predicted octanol–water partition coefficient (Wildman–Crippen LogP) is 2.75. The average molecular weight is 328 g/mol. The molecule has 0 aliphatic carbocycles. The Labute approximate surface area is 139 Å². The van der Waals surface area contributed by atoms with Gasteiger partial charge in [0.2, 0.25) is 0 Å². The van der Waals surface area contributed by atoms with Crippen molar-refractivity contribution in [1.82, 2.24) is 24.9 Å². The molecule has 4 heterocycles. The first-order valence-corrected chi connectivity index (χ1v) is 8.97. The Morgan fingerprint density at radius 2 is 2.39 bits per heavy atom. The maximum Gasteiger partial charge on any atom is 0.166 e. The monoisotopic (exact) mass is 328 g/mol. The lowest BCUT2D eigenvalue weighted by Crippen LogP contribution is -2.29. The zero-order chi connectivity index (χ0) is 15.6. The van der Waals surface area contributed by atoms with Crippen LogP contribution in [0.2, 0.25) is 0 Å². The molecule has 1 aliphatic heterocycles. The lowest BCUT2D eigenvalue weighted by molar-refractivity contribution is 0.455. The quantitative estimate of drug-likeness (QED) is 0.771. The van der Waals surface area contributed by atoms with E-state index in [0.717, 1.165) is 47.2 Å². The molecule has 0 saturated carbocycles. The summed E-state index contributed by atoms with van der Waals surface area (Å²) < 4.78 is 1.90. The molecular formula is C16H20N6S. The summed E-state index contributed by atoms with van der Waals surface area (Å²) in [6.45, 7) is 5.06. The highest BCUT2D eigenvalue weighted by molar-refractivity contribution is 7.13. The Balaban J connectivity index is 1.85. The molecule has 0 aromatic carbocycles. The summed E-state index contributed by atoms with van der Waals surface area (Å²) >= 11 is 1.62. The average Bonchev–Trinajstić information content (AvgIpc) is 3.25. The van der Waals surface area contributed by atoms with Gasteiger partial charge in [0.05, 0.1) is 27.8 Å². The first kappa shape index (κ1) is 14.6. The molecular weight excluding hydrogens is 308 g/mol. The van der Waals surface area contributed by atoms with Gasteiger partial charge in [0.25, 0.3) is 0 Å². The molecule has 0 bridgehead atoms. The van der Waals surface area contributed by atoms with Gasteiger partial charge in [0, 0.05) is 31.3 Å². The first-order chi connectivity index (χ1) is 11.4. The van der Waals surface area contributed by atoms with Gasteiger partial charge < -0.3 is 10.6 Å². The van der Waals surface area contributed by atoms with Crippen LogP contribution in [0, 0.1) is 0 Å². The van der Waals surface area contributed by atoms with Crippen molar-refractivity contribution >= 4 is 22.8 Å². The molecule has 0 radical (unpaired) electrons. The number of hydrogen-bond acceptors (Lipinski definition) is 6. The second-order valence-corrected chi connectivity index (χ2v) is 6.69. The molecule has 1 saturated heterocycles. The van der Waals surface area contributed by atoms with Crippen LogP contribution in [0.4, 0.5) is 5.82 Å². The SMILES string of the molecule is CCNc1cc(C2CCCNC2)nc2c(-c3cncs3)cnn12. The topological polar surface area (TPSA) is 67.1 Å². The molecule has 1 fully saturated rings. The summed E-state index contributed by atoms with van der Waals surface area (Å²) in [5.41, 5.74) is 4.95. The minimum Gasteiger partial charge on any atom is -0.370 e. The van der Waals surface area contributed by atoms with Gasteiger partial charge in [-0.25, -0.2) is 4.98 Å². The Hall–Kier alpha value is -1.99. The van der Waals surface area contributed by atoms with Crippen LogP contribution in [0.5, 0.6) is 0 Å². The van der Waals surface area contributed by atoms with E-state index in [0.29, 0.717) is 5.92 Å². The number of aromatic nitrogens is 4. The fourth-order valence-electron chi connectivity index (χ4n) is 3.12. The zero-order valence-electron chi connectivity index (χ0n) is 13.1. The molecule has 0 amide bonds. The third-order valence-corrected chi connectivity index (χ3v) is 5.07. The molecule has 1 unspecified atom stereocenters. The minimum absolute atomic E-state index is 0.468. The Morgan fingerprint density at radius 3 is 3.13 bits per heavy atom. The van der Waals surface area contributed by atoms with Gasteiger partial charge in [-0.15, -0.1) is 11.3 Å². The van der Waals surface area contributed by atoms with Crippen molar-refractivity contribution in [3.63, 3.8) is 0 Å². The van der Waals surface area contributed by atoms with Crippen molar-refractivity contribution in [2.24, 2.45) is 0 Å². The van der Waals surface area contributed by atoms with Crippen LogP contribution < -0.4 is 10.6 Å². The summed E-state index contributed by atoms with van der Waals surface area (Å²) in [5.74, 6) is 1.48. The van der Waals surface area contributed by atoms with E-state index in [4.69, 9.17) is 4.98 Å². The summed E-state index contributed by atoms with van der Waals surface area (Å²) in [5, 5.41) is 11.4. The third-order valence-electron chi connectivity index (χ3n) is 4.26. The van der Waals surface area contributed by atoms with Gasteiger partial charge in [0.1, 0.15) is 5.82 Å². The lowest BCUT2D eigenvalue weighted by atomic mass is 9.96. The lowest BCUT2D eigenvalue weighted by Gasteiger charge is -2.23. The van der Waals surface area contributed by atoms with Gasteiger partial charge in [-0.2, -0.15) is 9.61 Å². The number of nitrogens with one attached hydrogen (secondary N) is 2. The Kier molecular flexibility index (Phi) is 3.97. The zero-order valence-corrected chi connectivity index (χ0v) is 13.9. The highest BCUT2D eigenvalue weighted by atomic mass is 32.1. The molecule has 3 aromatic rings. The van der Waals surface area contributed by atoms with Crippen LogP contribution in [-0.4, -0.2) is 39.2 Å². The van der Waals surface area contributed by atoms with Crippen molar-refractivity contribution in [1.29, 1.82) is 0 Å². The van der Waals surface area contributed by atoms with E-state index < -0.39 is 0 Å². The predicted molar refractivity (Wildman–Crippen MR) is 93.1 cm³/mol. The molecule has 1 aliphatic rings. The second kappa shape index (κ2) is 6.25. The van der Waals surface area contributed by atoms with E-state index in [1.54, 1.807) is 11.3 Å². The fraction of sp³-hybridized carbons (Fsp3) is 0.438. The van der Waals surface area contributed by atoms with Crippen molar-refractivity contribution in [3.8, 4) is 10.4 Å². The Bertz CT molecular complexity index is 788. The van der Waals surface area contributed by atoms with Crippen molar-refractivity contribution in [2.75, 3.05) is 25.0 Å². The van der Waals surface area contributed by atoms with E-state index in [-0.39, 0.29) is 0 Å². The number of thiazole rings is 1. The smallest absolute Gasteiger partial charge is 0.166 e. The number of hydrogen-bond donors (Lipinski definition) is 2. The van der Waals surface area contributed by atoms with Gasteiger partial charge in [-0.3, -0.25) is 4.98 Å². The Morgan fingerprint density at radius 1 is 1.43 bits per heavy atom. The van der Waals surface area contributed by atoms with Crippen LogP contribution in [0.3, 0.4) is 0 Å². The molecule has 4 rings (SSSR count). The number of fused-ring (bicyclic) bond motifs is 1. The highest BCUT2D eigenvalue weighted by Gasteiger charge is 2.20. The highest BCUT2D eigenvalue weighted by Crippen LogP contribution is 2.31. The molecule has 1 atom stereocenters. The molecule has 23 heavy (non-hydrogen) atoms. The van der Waals surface area contributed by atoms with Crippen LogP contribution in [0.25, 0.3) is 16.1 Å². The summed E-state index contributed by atoms with van der Waals surface area (Å²) in [4.78, 5) is 10.2. The van der Waals surface area contributed by atoms with Gasteiger partial charge in [-0.1, -0.05) is 0 Å². The van der Waals surface area contributed by atoms with E-state index in [9.17, 15) is 0 Å². The second-order valence-electron chi connectivity index (χ2n) is 5.80. The van der Waals surface area contributed by atoms with E-state index in [1.165, 1.54) is 12.8 Å². The summed E-state index contributed by atoms with van der Waals surface area (Å²) in [6.07, 6.45) is 6.16. The largest absolute Gasteiger partial charge is 0.370 e. The van der Waals surface area contributed by atoms with Gasteiger partial charge >= 0.3 is 0 Å². The molecule has 2 N–H and O–H groups in total. The standard InChI is InChI=1S/C16H20N6S/c1-2-19-15-6-13(11-4-3-5-17-7-11)21-16-12(8-20-22(15)16)14-9-18-10-23-14/h6,8-11,17,19H,2-5,7H2,1H3. The number of piperidine rings is 1. The van der Waals surface area contributed by atoms with E-state index in [2.05, 4.69) is 33.7 Å². The molecule has 3 aromatic heterocycles. The van der Waals surface area contributed by atoms with Crippen LogP contribution in [-0.2, 0) is 0 Å². The van der Waals surface area contributed by atoms with Crippen LogP contribution in [0.15, 0.2) is 24.0 Å². The molecule has 7 heteroatoms. The number of nitrogens with zero attached hydrogens (tertiary/aromatic N) is 4. The maximum atomic E-state index is 4.96. The van der Waals surface area contributed by atoms with Crippen molar-refractivity contribution in [3.05, 3.63) is 29.7 Å². The summed E-state index contributed by atoms with van der Waals surface area (Å²) in [7, 11) is 0. The first-order valence-electron chi connectivity index (χ1n) is 8.09. The van der Waals surface area contributed by atoms with Crippen LogP contribution >= 0.6 is 11.3 Å². The molecule has 6 nitrogen and oxygen atoms in total. The normalized spacial score (nSPS) is 18.4. The number of rotatable bonds is 4.